The summed E-state index contributed by atoms with van der Waals surface area (Å²) < 4.78 is 0. The summed E-state index contributed by atoms with van der Waals surface area (Å²) in [7, 11) is 0. The molecule has 0 bridgehead atoms. The lowest BCUT2D eigenvalue weighted by atomic mass is 9.98. The Kier molecular flexibility index (Phi) is 2.75. The van der Waals surface area contributed by atoms with Crippen LogP contribution in [0.2, 0.25) is 0 Å². The van der Waals surface area contributed by atoms with Gasteiger partial charge in [0.1, 0.15) is 5.82 Å². The predicted octanol–water partition coefficient (Wildman–Crippen LogP) is 1.91. The van der Waals surface area contributed by atoms with Crippen molar-refractivity contribution in [3.05, 3.63) is 12.3 Å². The Morgan fingerprint density at radius 3 is 2.80 bits per heavy atom. The molecule has 1 aromatic heterocycles. The molecule has 1 aromatic rings. The van der Waals surface area contributed by atoms with Gasteiger partial charge in [0.15, 0.2) is 0 Å². The van der Waals surface area contributed by atoms with Crippen LogP contribution in [0.15, 0.2) is 12.3 Å². The Bertz CT molecular complexity index is 339. The van der Waals surface area contributed by atoms with Gasteiger partial charge in [-0.2, -0.15) is 4.98 Å². The standard InChI is InChI=1S/C11H18N4/c1-7-3-4-9(8(7)2)14-11-13-6-5-10(12)15-11/h5-9H,3-4H2,1-2H3,(H3,12,13,14,15). The lowest BCUT2D eigenvalue weighted by molar-refractivity contribution is 0.434. The third-order valence-corrected chi connectivity index (χ3v) is 3.46. The minimum absolute atomic E-state index is 0.488. The molecular formula is C11H18N4. The van der Waals surface area contributed by atoms with Gasteiger partial charge >= 0.3 is 0 Å². The molecule has 4 heteroatoms. The number of nitrogens with zero attached hydrogens (tertiary/aromatic N) is 2. The summed E-state index contributed by atoms with van der Waals surface area (Å²) in [4.78, 5) is 8.31. The number of nitrogens with two attached hydrogens (primary N) is 1. The molecule has 1 aliphatic carbocycles. The first-order chi connectivity index (χ1) is 7.16. The highest BCUT2D eigenvalue weighted by atomic mass is 15.1. The van der Waals surface area contributed by atoms with Gasteiger partial charge in [-0.1, -0.05) is 13.8 Å². The molecule has 0 saturated heterocycles. The van der Waals surface area contributed by atoms with Gasteiger partial charge in [0.25, 0.3) is 0 Å². The van der Waals surface area contributed by atoms with Crippen LogP contribution in [-0.4, -0.2) is 16.0 Å². The van der Waals surface area contributed by atoms with Crippen LogP contribution in [-0.2, 0) is 0 Å². The van der Waals surface area contributed by atoms with Gasteiger partial charge < -0.3 is 11.1 Å². The summed E-state index contributed by atoms with van der Waals surface area (Å²) in [5.74, 6) is 2.63. The number of anilines is 2. The fourth-order valence-corrected chi connectivity index (χ4v) is 2.18. The number of aromatic nitrogens is 2. The van der Waals surface area contributed by atoms with Gasteiger partial charge in [-0.15, -0.1) is 0 Å². The predicted molar refractivity (Wildman–Crippen MR) is 61.4 cm³/mol. The summed E-state index contributed by atoms with van der Waals surface area (Å²) in [5, 5.41) is 3.36. The molecule has 0 aromatic carbocycles. The Morgan fingerprint density at radius 1 is 1.40 bits per heavy atom. The molecule has 1 heterocycles. The molecule has 1 saturated carbocycles. The van der Waals surface area contributed by atoms with Gasteiger partial charge in [-0.25, -0.2) is 4.98 Å². The second kappa shape index (κ2) is 4.04. The molecule has 82 valence electrons. The van der Waals surface area contributed by atoms with Gasteiger partial charge in [-0.3, -0.25) is 0 Å². The largest absolute Gasteiger partial charge is 0.384 e. The van der Waals surface area contributed by atoms with Gasteiger partial charge in [0, 0.05) is 12.2 Å². The van der Waals surface area contributed by atoms with E-state index in [1.807, 2.05) is 0 Å². The average molecular weight is 206 g/mol. The van der Waals surface area contributed by atoms with Crippen molar-refractivity contribution in [2.45, 2.75) is 32.7 Å². The van der Waals surface area contributed by atoms with Crippen molar-refractivity contribution in [2.24, 2.45) is 11.8 Å². The second-order valence-electron chi connectivity index (χ2n) is 4.47. The van der Waals surface area contributed by atoms with E-state index in [2.05, 4.69) is 29.1 Å². The van der Waals surface area contributed by atoms with Crippen molar-refractivity contribution >= 4 is 11.8 Å². The first-order valence-electron chi connectivity index (χ1n) is 5.52. The van der Waals surface area contributed by atoms with Crippen LogP contribution in [0.4, 0.5) is 11.8 Å². The van der Waals surface area contributed by atoms with Crippen molar-refractivity contribution < 1.29 is 0 Å². The molecule has 15 heavy (non-hydrogen) atoms. The van der Waals surface area contributed by atoms with Crippen LogP contribution >= 0.6 is 0 Å². The Hall–Kier alpha value is -1.32. The lowest BCUT2D eigenvalue weighted by Gasteiger charge is -2.19. The topological polar surface area (TPSA) is 63.8 Å². The third kappa shape index (κ3) is 2.19. The van der Waals surface area contributed by atoms with Crippen molar-refractivity contribution in [3.63, 3.8) is 0 Å². The summed E-state index contributed by atoms with van der Waals surface area (Å²) in [6.45, 7) is 4.58. The van der Waals surface area contributed by atoms with Crippen LogP contribution < -0.4 is 11.1 Å². The SMILES string of the molecule is CC1CCC(Nc2nccc(N)n2)C1C. The first-order valence-corrected chi connectivity index (χ1v) is 5.52. The first kappa shape index (κ1) is 10.2. The zero-order chi connectivity index (χ0) is 10.8. The van der Waals surface area contributed by atoms with E-state index in [9.17, 15) is 0 Å². The molecule has 3 N–H and O–H groups in total. The smallest absolute Gasteiger partial charge is 0.224 e. The lowest BCUT2D eigenvalue weighted by Crippen LogP contribution is -2.25. The van der Waals surface area contributed by atoms with E-state index < -0.39 is 0 Å². The second-order valence-corrected chi connectivity index (χ2v) is 4.47. The fraction of sp³-hybridized carbons (Fsp3) is 0.636. The minimum atomic E-state index is 0.488. The quantitative estimate of drug-likeness (QED) is 0.775. The summed E-state index contributed by atoms with van der Waals surface area (Å²) >= 11 is 0. The minimum Gasteiger partial charge on any atom is -0.384 e. The van der Waals surface area contributed by atoms with E-state index in [-0.39, 0.29) is 0 Å². The van der Waals surface area contributed by atoms with Crippen LogP contribution in [0.25, 0.3) is 0 Å². The van der Waals surface area contributed by atoms with Crippen molar-refractivity contribution in [1.29, 1.82) is 0 Å². The fourth-order valence-electron chi connectivity index (χ4n) is 2.18. The number of nitrogen functional groups attached to an aromatic ring is 1. The van der Waals surface area contributed by atoms with Crippen molar-refractivity contribution in [1.82, 2.24) is 9.97 Å². The molecule has 1 fully saturated rings. The zero-order valence-corrected chi connectivity index (χ0v) is 9.27. The number of rotatable bonds is 2. The molecule has 3 unspecified atom stereocenters. The molecule has 0 spiro atoms. The van der Waals surface area contributed by atoms with E-state index in [1.165, 1.54) is 12.8 Å². The summed E-state index contributed by atoms with van der Waals surface area (Å²) in [6.07, 6.45) is 4.16. The Balaban J connectivity index is 2.03. The van der Waals surface area contributed by atoms with E-state index in [0.717, 1.165) is 5.92 Å². The van der Waals surface area contributed by atoms with Crippen molar-refractivity contribution in [2.75, 3.05) is 11.1 Å². The highest BCUT2D eigenvalue weighted by Gasteiger charge is 2.29. The monoisotopic (exact) mass is 206 g/mol. The maximum Gasteiger partial charge on any atom is 0.224 e. The number of nitrogens with one attached hydrogen (secondary N) is 1. The summed E-state index contributed by atoms with van der Waals surface area (Å²) in [6, 6.07) is 2.19. The van der Waals surface area contributed by atoms with Crippen LogP contribution in [0.3, 0.4) is 0 Å². The van der Waals surface area contributed by atoms with Crippen LogP contribution in [0, 0.1) is 11.8 Å². The van der Waals surface area contributed by atoms with E-state index >= 15 is 0 Å². The maximum absolute atomic E-state index is 5.60. The zero-order valence-electron chi connectivity index (χ0n) is 9.27. The van der Waals surface area contributed by atoms with Gasteiger partial charge in [-0.05, 0) is 30.7 Å². The molecule has 2 rings (SSSR count). The third-order valence-electron chi connectivity index (χ3n) is 3.46. The van der Waals surface area contributed by atoms with Crippen LogP contribution in [0.5, 0.6) is 0 Å². The molecular weight excluding hydrogens is 188 g/mol. The van der Waals surface area contributed by atoms with Gasteiger partial charge in [0.05, 0.1) is 0 Å². The van der Waals surface area contributed by atoms with E-state index in [0.29, 0.717) is 23.7 Å². The molecule has 3 atom stereocenters. The highest BCUT2D eigenvalue weighted by Crippen LogP contribution is 2.32. The molecule has 0 radical (unpaired) electrons. The van der Waals surface area contributed by atoms with E-state index in [1.54, 1.807) is 12.3 Å². The Labute approximate surface area is 90.3 Å². The van der Waals surface area contributed by atoms with Gasteiger partial charge in [0.2, 0.25) is 5.95 Å². The average Bonchev–Trinajstić information content (AvgIpc) is 2.50. The normalized spacial score (nSPS) is 30.4. The highest BCUT2D eigenvalue weighted by molar-refractivity contribution is 5.36. The van der Waals surface area contributed by atoms with E-state index in [4.69, 9.17) is 5.73 Å². The van der Waals surface area contributed by atoms with Crippen LogP contribution in [0.1, 0.15) is 26.7 Å². The number of hydrogen-bond donors (Lipinski definition) is 2. The Morgan fingerprint density at radius 2 is 2.20 bits per heavy atom. The molecule has 0 aliphatic heterocycles. The van der Waals surface area contributed by atoms with Crippen molar-refractivity contribution in [3.8, 4) is 0 Å². The number of hydrogen-bond acceptors (Lipinski definition) is 4. The summed E-state index contributed by atoms with van der Waals surface area (Å²) in [5.41, 5.74) is 5.60. The molecule has 4 nitrogen and oxygen atoms in total. The molecule has 1 aliphatic rings. The maximum atomic E-state index is 5.60. The molecule has 0 amide bonds.